The number of rotatable bonds is 3. The molecule has 18 heavy (non-hydrogen) atoms. The molecule has 2 aromatic heterocycles. The number of carbonyl (C=O) groups excluding carboxylic acids is 1. The van der Waals surface area contributed by atoms with Crippen LogP contribution in [0.2, 0.25) is 0 Å². The van der Waals surface area contributed by atoms with Crippen LogP contribution in [0.15, 0.2) is 18.5 Å². The van der Waals surface area contributed by atoms with Crippen LogP contribution in [0.1, 0.15) is 27.3 Å². The Hall–Kier alpha value is -2.17. The molecule has 0 saturated carbocycles. The lowest BCUT2D eigenvalue weighted by Crippen LogP contribution is -1.95. The lowest BCUT2D eigenvalue weighted by Gasteiger charge is -1.94. The largest absolute Gasteiger partial charge is 0.289 e. The molecule has 2 rings (SSSR count). The maximum atomic E-state index is 12.0. The van der Waals surface area contributed by atoms with E-state index >= 15 is 0 Å². The summed E-state index contributed by atoms with van der Waals surface area (Å²) in [6.07, 6.45) is 6.83. The summed E-state index contributed by atoms with van der Waals surface area (Å²) in [6.45, 7) is 3.79. The molecule has 0 amide bonds. The highest BCUT2D eigenvalue weighted by molar-refractivity contribution is 6.07. The van der Waals surface area contributed by atoms with Crippen LogP contribution < -0.4 is 0 Å². The molecule has 0 atom stereocenters. The zero-order valence-corrected chi connectivity index (χ0v) is 11.0. The molecule has 0 aliphatic carbocycles. The Balaban J connectivity index is 2.22. The van der Waals surface area contributed by atoms with E-state index in [1.54, 1.807) is 41.0 Å². The van der Waals surface area contributed by atoms with Crippen molar-refractivity contribution in [1.82, 2.24) is 19.6 Å². The minimum absolute atomic E-state index is 0.0381. The Kier molecular flexibility index (Phi) is 3.14. The first kappa shape index (κ1) is 12.3. The van der Waals surface area contributed by atoms with E-state index in [0.29, 0.717) is 5.56 Å². The van der Waals surface area contributed by atoms with Gasteiger partial charge in [0, 0.05) is 31.5 Å². The van der Waals surface area contributed by atoms with E-state index in [9.17, 15) is 4.79 Å². The second kappa shape index (κ2) is 4.60. The van der Waals surface area contributed by atoms with E-state index in [2.05, 4.69) is 10.2 Å². The van der Waals surface area contributed by atoms with Gasteiger partial charge in [-0.3, -0.25) is 14.2 Å². The standard InChI is InChI=1S/C13H16N4O/c1-9-12(8-16(3)15-9)13(18)6-5-11-7-14-17(4)10(11)2/h5-8H,1-4H3/b6-5+. The Bertz CT molecular complexity index is 619. The molecule has 0 fully saturated rings. The Labute approximate surface area is 106 Å². The van der Waals surface area contributed by atoms with Crippen molar-refractivity contribution in [3.8, 4) is 0 Å². The zero-order valence-electron chi connectivity index (χ0n) is 11.0. The Morgan fingerprint density at radius 3 is 2.56 bits per heavy atom. The molecule has 0 radical (unpaired) electrons. The molecule has 0 unspecified atom stereocenters. The first-order chi connectivity index (χ1) is 8.49. The van der Waals surface area contributed by atoms with Gasteiger partial charge in [-0.05, 0) is 26.0 Å². The molecule has 0 saturated heterocycles. The fraction of sp³-hybridized carbons (Fsp3) is 0.308. The first-order valence-corrected chi connectivity index (χ1v) is 5.70. The van der Waals surface area contributed by atoms with Gasteiger partial charge in [0.2, 0.25) is 0 Å². The molecular formula is C13H16N4O. The van der Waals surface area contributed by atoms with Gasteiger partial charge < -0.3 is 0 Å². The summed E-state index contributed by atoms with van der Waals surface area (Å²) >= 11 is 0. The van der Waals surface area contributed by atoms with Crippen LogP contribution >= 0.6 is 0 Å². The smallest absolute Gasteiger partial charge is 0.189 e. The van der Waals surface area contributed by atoms with Crippen LogP contribution in [0.3, 0.4) is 0 Å². The van der Waals surface area contributed by atoms with Crippen LogP contribution in [0.5, 0.6) is 0 Å². The molecule has 0 spiro atoms. The quantitative estimate of drug-likeness (QED) is 0.609. The highest BCUT2D eigenvalue weighted by Gasteiger charge is 2.09. The average Bonchev–Trinajstić information content (AvgIpc) is 2.81. The van der Waals surface area contributed by atoms with E-state index in [1.807, 2.05) is 20.9 Å². The van der Waals surface area contributed by atoms with E-state index < -0.39 is 0 Å². The minimum atomic E-state index is -0.0381. The topological polar surface area (TPSA) is 52.7 Å². The average molecular weight is 244 g/mol. The summed E-state index contributed by atoms with van der Waals surface area (Å²) in [5, 5.41) is 8.28. The van der Waals surface area contributed by atoms with Gasteiger partial charge in [-0.2, -0.15) is 10.2 Å². The van der Waals surface area contributed by atoms with E-state index in [1.165, 1.54) is 0 Å². The third kappa shape index (κ3) is 2.25. The van der Waals surface area contributed by atoms with Crippen molar-refractivity contribution in [2.75, 3.05) is 0 Å². The summed E-state index contributed by atoms with van der Waals surface area (Å²) in [5.41, 5.74) is 3.36. The molecular weight excluding hydrogens is 228 g/mol. The Morgan fingerprint density at radius 2 is 2.06 bits per heavy atom. The van der Waals surface area contributed by atoms with Crippen molar-refractivity contribution in [3.63, 3.8) is 0 Å². The maximum absolute atomic E-state index is 12.0. The highest BCUT2D eigenvalue weighted by Crippen LogP contribution is 2.11. The van der Waals surface area contributed by atoms with Gasteiger partial charge in [0.1, 0.15) is 0 Å². The summed E-state index contributed by atoms with van der Waals surface area (Å²) in [5.74, 6) is -0.0381. The molecule has 5 nitrogen and oxygen atoms in total. The van der Waals surface area contributed by atoms with E-state index in [0.717, 1.165) is 17.0 Å². The minimum Gasteiger partial charge on any atom is -0.289 e. The lowest BCUT2D eigenvalue weighted by atomic mass is 10.1. The molecule has 0 aliphatic heterocycles. The van der Waals surface area contributed by atoms with Gasteiger partial charge in [-0.1, -0.05) is 0 Å². The van der Waals surface area contributed by atoms with Crippen molar-refractivity contribution >= 4 is 11.9 Å². The number of aryl methyl sites for hydroxylation is 3. The second-order valence-electron chi connectivity index (χ2n) is 4.31. The van der Waals surface area contributed by atoms with Crippen LogP contribution in [-0.2, 0) is 14.1 Å². The summed E-state index contributed by atoms with van der Waals surface area (Å²) in [4.78, 5) is 12.0. The van der Waals surface area contributed by atoms with Crippen LogP contribution in [0.4, 0.5) is 0 Å². The Morgan fingerprint density at radius 1 is 1.33 bits per heavy atom. The van der Waals surface area contributed by atoms with Gasteiger partial charge >= 0.3 is 0 Å². The molecule has 94 valence electrons. The molecule has 0 bridgehead atoms. The van der Waals surface area contributed by atoms with Gasteiger partial charge in [-0.15, -0.1) is 0 Å². The van der Waals surface area contributed by atoms with Crippen molar-refractivity contribution in [1.29, 1.82) is 0 Å². The fourth-order valence-corrected chi connectivity index (χ4v) is 1.78. The first-order valence-electron chi connectivity index (χ1n) is 5.70. The predicted molar refractivity (Wildman–Crippen MR) is 69.3 cm³/mol. The summed E-state index contributed by atoms with van der Waals surface area (Å²) in [7, 11) is 3.68. The maximum Gasteiger partial charge on any atom is 0.189 e. The fourth-order valence-electron chi connectivity index (χ4n) is 1.78. The zero-order chi connectivity index (χ0) is 13.3. The number of ketones is 1. The molecule has 5 heteroatoms. The van der Waals surface area contributed by atoms with Crippen molar-refractivity contribution in [2.45, 2.75) is 13.8 Å². The van der Waals surface area contributed by atoms with Crippen LogP contribution in [0.25, 0.3) is 6.08 Å². The molecule has 0 aromatic carbocycles. The van der Waals surface area contributed by atoms with Gasteiger partial charge in [0.15, 0.2) is 5.78 Å². The number of hydrogen-bond acceptors (Lipinski definition) is 3. The van der Waals surface area contributed by atoms with E-state index in [4.69, 9.17) is 0 Å². The van der Waals surface area contributed by atoms with Crippen LogP contribution in [0, 0.1) is 13.8 Å². The van der Waals surface area contributed by atoms with E-state index in [-0.39, 0.29) is 5.78 Å². The van der Waals surface area contributed by atoms with Gasteiger partial charge in [0.25, 0.3) is 0 Å². The SMILES string of the molecule is Cc1nn(C)cc1C(=O)/C=C/c1cnn(C)c1C. The van der Waals surface area contributed by atoms with Crippen molar-refractivity contribution in [2.24, 2.45) is 14.1 Å². The number of aromatic nitrogens is 4. The number of carbonyl (C=O) groups is 1. The third-order valence-electron chi connectivity index (χ3n) is 2.97. The molecule has 2 aromatic rings. The molecule has 2 heterocycles. The van der Waals surface area contributed by atoms with Crippen molar-refractivity contribution in [3.05, 3.63) is 41.0 Å². The van der Waals surface area contributed by atoms with Gasteiger partial charge in [0.05, 0.1) is 17.5 Å². The lowest BCUT2D eigenvalue weighted by molar-refractivity contribution is 0.104. The normalized spacial score (nSPS) is 11.3. The number of hydrogen-bond donors (Lipinski definition) is 0. The summed E-state index contributed by atoms with van der Waals surface area (Å²) < 4.78 is 3.42. The molecule has 0 aliphatic rings. The monoisotopic (exact) mass is 244 g/mol. The van der Waals surface area contributed by atoms with Gasteiger partial charge in [-0.25, -0.2) is 0 Å². The van der Waals surface area contributed by atoms with Crippen LogP contribution in [-0.4, -0.2) is 25.3 Å². The second-order valence-corrected chi connectivity index (χ2v) is 4.31. The predicted octanol–water partition coefficient (Wildman–Crippen LogP) is 1.67. The molecule has 0 N–H and O–H groups in total. The number of nitrogens with zero attached hydrogens (tertiary/aromatic N) is 4. The highest BCUT2D eigenvalue weighted by atomic mass is 16.1. The third-order valence-corrected chi connectivity index (χ3v) is 2.97. The van der Waals surface area contributed by atoms with Crippen molar-refractivity contribution < 1.29 is 4.79 Å². The number of allylic oxidation sites excluding steroid dienone is 1. The summed E-state index contributed by atoms with van der Waals surface area (Å²) in [6, 6.07) is 0.